The third-order valence-electron chi connectivity index (χ3n) is 7.27. The molecule has 3 aliphatic rings. The number of esters is 1. The minimum Gasteiger partial charge on any atom is -0.453 e. The van der Waals surface area contributed by atoms with Crippen LogP contribution in [0.3, 0.4) is 0 Å². The summed E-state index contributed by atoms with van der Waals surface area (Å²) in [5.74, 6) is -0.350. The highest BCUT2D eigenvalue weighted by molar-refractivity contribution is 5.90. The summed E-state index contributed by atoms with van der Waals surface area (Å²) in [6.07, 6.45) is 4.52. The molecule has 0 saturated carbocycles. The minimum atomic E-state index is -1.92. The molecular weight excluding hydrogens is 444 g/mol. The van der Waals surface area contributed by atoms with Crippen molar-refractivity contribution < 1.29 is 23.9 Å². The first kappa shape index (κ1) is 23.1. The van der Waals surface area contributed by atoms with E-state index in [0.29, 0.717) is 22.2 Å². The highest BCUT2D eigenvalue weighted by Gasteiger charge is 2.51. The van der Waals surface area contributed by atoms with Gasteiger partial charge in [-0.2, -0.15) is 0 Å². The molecule has 2 aromatic carbocycles. The molecule has 1 amide bonds. The Morgan fingerprint density at radius 3 is 2.09 bits per heavy atom. The molecule has 0 spiro atoms. The van der Waals surface area contributed by atoms with Gasteiger partial charge in [0.05, 0.1) is 13.1 Å². The largest absolute Gasteiger partial charge is 0.453 e. The predicted molar refractivity (Wildman–Crippen MR) is 129 cm³/mol. The van der Waals surface area contributed by atoms with Crippen molar-refractivity contribution in [2.45, 2.75) is 24.5 Å². The number of carbonyl (C=O) groups excluding carboxylic acids is 2. The van der Waals surface area contributed by atoms with Gasteiger partial charge >= 0.3 is 5.97 Å². The number of quaternary nitrogens is 1. The van der Waals surface area contributed by atoms with Gasteiger partial charge in [0.2, 0.25) is 11.5 Å². The Morgan fingerprint density at radius 2 is 1.51 bits per heavy atom. The van der Waals surface area contributed by atoms with Crippen molar-refractivity contribution in [1.82, 2.24) is 9.97 Å². The fourth-order valence-corrected chi connectivity index (χ4v) is 5.39. The molecule has 0 radical (unpaired) electrons. The van der Waals surface area contributed by atoms with Crippen molar-refractivity contribution >= 4 is 17.8 Å². The number of rotatable bonds is 7. The maximum atomic E-state index is 13.6. The van der Waals surface area contributed by atoms with E-state index in [1.54, 1.807) is 67.0 Å². The van der Waals surface area contributed by atoms with Gasteiger partial charge in [-0.15, -0.1) is 0 Å². The van der Waals surface area contributed by atoms with E-state index in [-0.39, 0.29) is 30.4 Å². The quantitative estimate of drug-likeness (QED) is 0.404. The smallest absolute Gasteiger partial charge is 0.348 e. The lowest BCUT2D eigenvalue weighted by molar-refractivity contribution is -0.939. The van der Waals surface area contributed by atoms with Crippen molar-refractivity contribution in [3.05, 3.63) is 90.3 Å². The summed E-state index contributed by atoms with van der Waals surface area (Å²) in [6.45, 7) is 2.51. The van der Waals surface area contributed by atoms with E-state index in [1.165, 1.54) is 0 Å². The van der Waals surface area contributed by atoms with E-state index >= 15 is 0 Å². The Kier molecular flexibility index (Phi) is 6.32. The first-order valence-corrected chi connectivity index (χ1v) is 11.9. The van der Waals surface area contributed by atoms with Crippen LogP contribution in [0.2, 0.25) is 0 Å². The van der Waals surface area contributed by atoms with Crippen LogP contribution in [0.4, 0.5) is 5.95 Å². The lowest BCUT2D eigenvalue weighted by atomic mass is 9.82. The number of aliphatic hydroxyl groups is 1. The number of nitrogens with one attached hydrogen (secondary N) is 1. The molecule has 0 aliphatic carbocycles. The van der Waals surface area contributed by atoms with E-state index in [0.717, 1.165) is 25.9 Å². The molecule has 2 bridgehead atoms. The lowest BCUT2D eigenvalue weighted by Crippen LogP contribution is -2.66. The Bertz CT molecular complexity index is 1130. The third-order valence-corrected chi connectivity index (χ3v) is 7.27. The third kappa shape index (κ3) is 4.67. The number of amides is 1. The normalized spacial score (nSPS) is 23.5. The van der Waals surface area contributed by atoms with Gasteiger partial charge in [0, 0.05) is 31.2 Å². The first-order chi connectivity index (χ1) is 17.0. The van der Waals surface area contributed by atoms with Crippen molar-refractivity contribution in [2.24, 2.45) is 5.92 Å². The monoisotopic (exact) mass is 473 g/mol. The van der Waals surface area contributed by atoms with Crippen molar-refractivity contribution in [3.63, 3.8) is 0 Å². The molecule has 1 atom stereocenters. The molecule has 3 aliphatic heterocycles. The summed E-state index contributed by atoms with van der Waals surface area (Å²) in [6, 6.07) is 19.5. The Hall–Kier alpha value is -3.62. The molecule has 1 aromatic heterocycles. The summed E-state index contributed by atoms with van der Waals surface area (Å²) in [4.78, 5) is 34.5. The molecular formula is C27H29N4O4+. The number of fused-ring (bicyclic) bond motifs is 3. The summed E-state index contributed by atoms with van der Waals surface area (Å²) in [5.41, 5.74) is -0.992. The molecule has 2 N–H and O–H groups in total. The SMILES string of the molecule is O=C(C[N+]12CCC(CC1)[C@@H](OC(=O)C(O)(c1ccccc1)c1ccccc1)C2)Nc1ncccn1. The van der Waals surface area contributed by atoms with Gasteiger partial charge in [-0.25, -0.2) is 14.8 Å². The summed E-state index contributed by atoms with van der Waals surface area (Å²) >= 11 is 0. The number of benzene rings is 2. The van der Waals surface area contributed by atoms with Crippen LogP contribution in [0.25, 0.3) is 0 Å². The molecule has 4 heterocycles. The lowest BCUT2D eigenvalue weighted by Gasteiger charge is -2.51. The van der Waals surface area contributed by atoms with Gasteiger partial charge in [-0.3, -0.25) is 10.1 Å². The molecule has 8 nitrogen and oxygen atoms in total. The Morgan fingerprint density at radius 1 is 0.943 bits per heavy atom. The van der Waals surface area contributed by atoms with E-state index in [1.807, 2.05) is 12.1 Å². The topological polar surface area (TPSA) is 101 Å². The average Bonchev–Trinajstić information content (AvgIpc) is 2.90. The molecule has 0 unspecified atom stereocenters. The van der Waals surface area contributed by atoms with Gasteiger partial charge in [-0.05, 0) is 17.2 Å². The predicted octanol–water partition coefficient (Wildman–Crippen LogP) is 2.50. The van der Waals surface area contributed by atoms with Gasteiger partial charge in [0.1, 0.15) is 6.54 Å². The maximum Gasteiger partial charge on any atom is 0.348 e. The maximum absolute atomic E-state index is 13.6. The number of hydrogen-bond donors (Lipinski definition) is 2. The molecule has 8 heteroatoms. The van der Waals surface area contributed by atoms with Gasteiger partial charge in [0.25, 0.3) is 5.91 Å². The average molecular weight is 474 g/mol. The minimum absolute atomic E-state index is 0.160. The number of nitrogens with zero attached hydrogens (tertiary/aromatic N) is 3. The fourth-order valence-electron chi connectivity index (χ4n) is 5.39. The fraction of sp³-hybridized carbons (Fsp3) is 0.333. The summed E-state index contributed by atoms with van der Waals surface area (Å²) in [5, 5.41) is 14.5. The zero-order chi connectivity index (χ0) is 24.3. The van der Waals surface area contributed by atoms with E-state index in [4.69, 9.17) is 4.74 Å². The van der Waals surface area contributed by atoms with Crippen LogP contribution in [0, 0.1) is 5.92 Å². The van der Waals surface area contributed by atoms with Gasteiger partial charge < -0.3 is 14.3 Å². The van der Waals surface area contributed by atoms with Crippen LogP contribution in [0.1, 0.15) is 24.0 Å². The Balaban J connectivity index is 1.34. The molecule has 6 rings (SSSR count). The molecule has 3 aromatic rings. The summed E-state index contributed by atoms with van der Waals surface area (Å²) in [7, 11) is 0. The summed E-state index contributed by atoms with van der Waals surface area (Å²) < 4.78 is 6.61. The number of ether oxygens (including phenoxy) is 1. The van der Waals surface area contributed by atoms with Crippen LogP contribution in [0.5, 0.6) is 0 Å². The molecule has 3 saturated heterocycles. The first-order valence-electron chi connectivity index (χ1n) is 11.9. The number of anilines is 1. The number of hydrogen-bond acceptors (Lipinski definition) is 6. The van der Waals surface area contributed by atoms with Crippen LogP contribution in [-0.4, -0.2) is 63.7 Å². The second-order valence-corrected chi connectivity index (χ2v) is 9.47. The number of aromatic nitrogens is 2. The molecule has 180 valence electrons. The number of piperidine rings is 3. The van der Waals surface area contributed by atoms with Crippen molar-refractivity contribution in [1.29, 1.82) is 0 Å². The van der Waals surface area contributed by atoms with Crippen molar-refractivity contribution in [3.8, 4) is 0 Å². The van der Waals surface area contributed by atoms with E-state index < -0.39 is 11.6 Å². The highest BCUT2D eigenvalue weighted by atomic mass is 16.6. The van der Waals surface area contributed by atoms with Gasteiger partial charge in [-0.1, -0.05) is 60.7 Å². The Labute approximate surface area is 204 Å². The van der Waals surface area contributed by atoms with Crippen LogP contribution < -0.4 is 5.32 Å². The molecule has 35 heavy (non-hydrogen) atoms. The van der Waals surface area contributed by atoms with E-state index in [9.17, 15) is 14.7 Å². The van der Waals surface area contributed by atoms with Crippen LogP contribution >= 0.6 is 0 Å². The zero-order valence-electron chi connectivity index (χ0n) is 19.4. The second kappa shape index (κ2) is 9.56. The second-order valence-electron chi connectivity index (χ2n) is 9.47. The van der Waals surface area contributed by atoms with Crippen LogP contribution in [-0.2, 0) is 19.9 Å². The van der Waals surface area contributed by atoms with E-state index in [2.05, 4.69) is 15.3 Å². The van der Waals surface area contributed by atoms with Gasteiger partial charge in [0.15, 0.2) is 12.6 Å². The van der Waals surface area contributed by atoms with Crippen LogP contribution in [0.15, 0.2) is 79.1 Å². The standard InChI is InChI=1S/C27H28N4O4/c32-24(30-26-28-14-7-15-29-26)19-31-16-12-20(13-17-31)23(18-31)35-25(33)27(34,21-8-3-1-4-9-21)22-10-5-2-6-11-22/h1-11,14-15,20,23,34H,12-13,16-19H2/p+1/t20?,23-,31?/m0/s1. The zero-order valence-corrected chi connectivity index (χ0v) is 19.4. The number of carbonyl (C=O) groups is 2. The highest BCUT2D eigenvalue weighted by Crippen LogP contribution is 2.38. The van der Waals surface area contributed by atoms with Crippen molar-refractivity contribution in [2.75, 3.05) is 31.5 Å². The molecule has 3 fully saturated rings.